The van der Waals surface area contributed by atoms with E-state index in [0.717, 1.165) is 24.2 Å². The molecular weight excluding hydrogens is 252 g/mol. The van der Waals surface area contributed by atoms with Gasteiger partial charge in [0.05, 0.1) is 12.1 Å². The third-order valence-electron chi connectivity index (χ3n) is 3.82. The summed E-state index contributed by atoms with van der Waals surface area (Å²) in [6.45, 7) is 1.85. The molecule has 2 atom stereocenters. The first kappa shape index (κ1) is 14.9. The van der Waals surface area contributed by atoms with Gasteiger partial charge in [-0.2, -0.15) is 0 Å². The molecule has 0 bridgehead atoms. The maximum atomic E-state index is 11.4. The Morgan fingerprint density at radius 2 is 2.05 bits per heavy atom. The van der Waals surface area contributed by atoms with Gasteiger partial charge in [-0.3, -0.25) is 4.79 Å². The second kappa shape index (κ2) is 7.29. The highest BCUT2D eigenvalue weighted by Gasteiger charge is 2.24. The van der Waals surface area contributed by atoms with E-state index in [0.29, 0.717) is 12.5 Å². The first-order valence-corrected chi connectivity index (χ1v) is 7.42. The van der Waals surface area contributed by atoms with Crippen molar-refractivity contribution in [2.45, 2.75) is 51.2 Å². The van der Waals surface area contributed by atoms with Gasteiger partial charge in [-0.25, -0.2) is 0 Å². The molecular formula is C16H24N2O2. The Bertz CT molecular complexity index is 448. The molecule has 0 saturated heterocycles. The van der Waals surface area contributed by atoms with Gasteiger partial charge in [-0.15, -0.1) is 0 Å². The SMILES string of the molecule is CCC(=O)Nc1cccc(NC2CCCCC2OC)c1. The van der Waals surface area contributed by atoms with Crippen LogP contribution in [0, 0.1) is 0 Å². The highest BCUT2D eigenvalue weighted by molar-refractivity contribution is 5.90. The normalized spacial score (nSPS) is 22.3. The summed E-state index contributed by atoms with van der Waals surface area (Å²) in [4.78, 5) is 11.4. The van der Waals surface area contributed by atoms with Gasteiger partial charge in [0, 0.05) is 24.9 Å². The predicted octanol–water partition coefficient (Wildman–Crippen LogP) is 3.40. The lowest BCUT2D eigenvalue weighted by molar-refractivity contribution is -0.115. The Morgan fingerprint density at radius 1 is 1.30 bits per heavy atom. The zero-order valence-corrected chi connectivity index (χ0v) is 12.3. The molecule has 0 heterocycles. The molecule has 1 amide bonds. The summed E-state index contributed by atoms with van der Waals surface area (Å²) < 4.78 is 5.56. The Kier molecular flexibility index (Phi) is 5.41. The van der Waals surface area contributed by atoms with Gasteiger partial charge < -0.3 is 15.4 Å². The van der Waals surface area contributed by atoms with Crippen LogP contribution in [-0.2, 0) is 9.53 Å². The number of methoxy groups -OCH3 is 1. The van der Waals surface area contributed by atoms with E-state index < -0.39 is 0 Å². The number of hydrogen-bond donors (Lipinski definition) is 2. The number of hydrogen-bond acceptors (Lipinski definition) is 3. The fraction of sp³-hybridized carbons (Fsp3) is 0.562. The van der Waals surface area contributed by atoms with Gasteiger partial charge in [0.2, 0.25) is 5.91 Å². The van der Waals surface area contributed by atoms with Crippen molar-refractivity contribution in [1.29, 1.82) is 0 Å². The summed E-state index contributed by atoms with van der Waals surface area (Å²) in [5, 5.41) is 6.42. The molecule has 20 heavy (non-hydrogen) atoms. The smallest absolute Gasteiger partial charge is 0.224 e. The van der Waals surface area contributed by atoms with Crippen molar-refractivity contribution in [3.63, 3.8) is 0 Å². The molecule has 1 saturated carbocycles. The van der Waals surface area contributed by atoms with E-state index in [2.05, 4.69) is 10.6 Å². The van der Waals surface area contributed by atoms with Crippen molar-refractivity contribution in [3.8, 4) is 0 Å². The number of ether oxygens (including phenoxy) is 1. The van der Waals surface area contributed by atoms with Crippen LogP contribution >= 0.6 is 0 Å². The first-order chi connectivity index (χ1) is 9.72. The van der Waals surface area contributed by atoms with Crippen LogP contribution in [0.3, 0.4) is 0 Å². The van der Waals surface area contributed by atoms with E-state index in [1.165, 1.54) is 12.8 Å². The number of rotatable bonds is 5. The molecule has 2 rings (SSSR count). The zero-order chi connectivity index (χ0) is 14.4. The molecule has 1 fully saturated rings. The lowest BCUT2D eigenvalue weighted by atomic mass is 9.92. The van der Waals surface area contributed by atoms with E-state index >= 15 is 0 Å². The Balaban J connectivity index is 2.01. The number of carbonyl (C=O) groups excluding carboxylic acids is 1. The van der Waals surface area contributed by atoms with E-state index in [9.17, 15) is 4.79 Å². The van der Waals surface area contributed by atoms with Crippen molar-refractivity contribution in [2.75, 3.05) is 17.7 Å². The summed E-state index contributed by atoms with van der Waals surface area (Å²) in [7, 11) is 1.78. The molecule has 0 aromatic heterocycles. The van der Waals surface area contributed by atoms with Crippen LogP contribution < -0.4 is 10.6 Å². The molecule has 2 N–H and O–H groups in total. The minimum atomic E-state index is 0.0367. The fourth-order valence-corrected chi connectivity index (χ4v) is 2.69. The summed E-state index contributed by atoms with van der Waals surface area (Å²) in [5.41, 5.74) is 1.87. The number of nitrogens with one attached hydrogen (secondary N) is 2. The third-order valence-corrected chi connectivity index (χ3v) is 3.82. The van der Waals surface area contributed by atoms with Gasteiger partial charge in [0.25, 0.3) is 0 Å². The van der Waals surface area contributed by atoms with E-state index in [-0.39, 0.29) is 12.0 Å². The van der Waals surface area contributed by atoms with Crippen LogP contribution in [0.2, 0.25) is 0 Å². The molecule has 110 valence electrons. The maximum absolute atomic E-state index is 11.4. The van der Waals surface area contributed by atoms with E-state index in [4.69, 9.17) is 4.74 Å². The Labute approximate surface area is 120 Å². The van der Waals surface area contributed by atoms with Gasteiger partial charge >= 0.3 is 0 Å². The van der Waals surface area contributed by atoms with Crippen molar-refractivity contribution in [2.24, 2.45) is 0 Å². The molecule has 1 aromatic rings. The highest BCUT2D eigenvalue weighted by Crippen LogP contribution is 2.25. The molecule has 4 nitrogen and oxygen atoms in total. The molecule has 2 unspecified atom stereocenters. The summed E-state index contributed by atoms with van der Waals surface area (Å²) in [6.07, 6.45) is 5.49. The molecule has 0 spiro atoms. The third kappa shape index (κ3) is 3.97. The average molecular weight is 276 g/mol. The predicted molar refractivity (Wildman–Crippen MR) is 82.0 cm³/mol. The lowest BCUT2D eigenvalue weighted by Crippen LogP contribution is -2.37. The number of anilines is 2. The molecule has 1 aliphatic carbocycles. The number of carbonyl (C=O) groups is 1. The maximum Gasteiger partial charge on any atom is 0.224 e. The van der Waals surface area contributed by atoms with Crippen LogP contribution in [0.15, 0.2) is 24.3 Å². The van der Waals surface area contributed by atoms with Gasteiger partial charge in [-0.05, 0) is 31.0 Å². The Morgan fingerprint density at radius 3 is 2.80 bits per heavy atom. The minimum Gasteiger partial charge on any atom is -0.380 e. The standard InChI is InChI=1S/C16H24N2O2/c1-3-16(19)18-13-8-6-7-12(11-13)17-14-9-4-5-10-15(14)20-2/h6-8,11,14-15,17H,3-5,9-10H2,1-2H3,(H,18,19). The average Bonchev–Trinajstić information content (AvgIpc) is 2.48. The summed E-state index contributed by atoms with van der Waals surface area (Å²) in [6, 6.07) is 8.23. The van der Waals surface area contributed by atoms with Crippen molar-refractivity contribution in [3.05, 3.63) is 24.3 Å². The van der Waals surface area contributed by atoms with Gasteiger partial charge in [0.1, 0.15) is 0 Å². The molecule has 1 aromatic carbocycles. The van der Waals surface area contributed by atoms with Gasteiger partial charge in [0.15, 0.2) is 0 Å². The first-order valence-electron chi connectivity index (χ1n) is 7.42. The second-order valence-electron chi connectivity index (χ2n) is 5.29. The van der Waals surface area contributed by atoms with Crippen molar-refractivity contribution < 1.29 is 9.53 Å². The highest BCUT2D eigenvalue weighted by atomic mass is 16.5. The van der Waals surface area contributed by atoms with Crippen LogP contribution in [0.5, 0.6) is 0 Å². The minimum absolute atomic E-state index is 0.0367. The molecule has 0 aliphatic heterocycles. The number of amides is 1. The van der Waals surface area contributed by atoms with Crippen LogP contribution in [-0.4, -0.2) is 25.2 Å². The largest absolute Gasteiger partial charge is 0.380 e. The number of benzene rings is 1. The zero-order valence-electron chi connectivity index (χ0n) is 12.3. The Hall–Kier alpha value is -1.55. The van der Waals surface area contributed by atoms with Crippen LogP contribution in [0.1, 0.15) is 39.0 Å². The monoisotopic (exact) mass is 276 g/mol. The van der Waals surface area contributed by atoms with Crippen molar-refractivity contribution in [1.82, 2.24) is 0 Å². The van der Waals surface area contributed by atoms with Gasteiger partial charge in [-0.1, -0.05) is 25.8 Å². The summed E-state index contributed by atoms with van der Waals surface area (Å²) in [5.74, 6) is 0.0367. The fourth-order valence-electron chi connectivity index (χ4n) is 2.69. The molecule has 0 radical (unpaired) electrons. The second-order valence-corrected chi connectivity index (χ2v) is 5.29. The molecule has 4 heteroatoms. The van der Waals surface area contributed by atoms with E-state index in [1.807, 2.05) is 31.2 Å². The van der Waals surface area contributed by atoms with E-state index in [1.54, 1.807) is 7.11 Å². The van der Waals surface area contributed by atoms with Crippen molar-refractivity contribution >= 4 is 17.3 Å². The van der Waals surface area contributed by atoms with Crippen LogP contribution in [0.4, 0.5) is 11.4 Å². The molecule has 1 aliphatic rings. The topological polar surface area (TPSA) is 50.4 Å². The summed E-state index contributed by atoms with van der Waals surface area (Å²) >= 11 is 0. The lowest BCUT2D eigenvalue weighted by Gasteiger charge is -2.31. The quantitative estimate of drug-likeness (QED) is 0.866. The van der Waals surface area contributed by atoms with Crippen LogP contribution in [0.25, 0.3) is 0 Å².